The van der Waals surface area contributed by atoms with E-state index in [1.165, 1.54) is 0 Å². The molecule has 0 saturated carbocycles. The lowest BCUT2D eigenvalue weighted by molar-refractivity contribution is 0.188. The van der Waals surface area contributed by atoms with Gasteiger partial charge in [0.15, 0.2) is 11.6 Å². The number of fused-ring (bicyclic) bond motifs is 3. The number of methoxy groups -OCH3 is 1. The van der Waals surface area contributed by atoms with Gasteiger partial charge >= 0.3 is 0 Å². The van der Waals surface area contributed by atoms with Gasteiger partial charge in [0.2, 0.25) is 0 Å². The third-order valence-corrected chi connectivity index (χ3v) is 4.29. The molecule has 0 N–H and O–H groups in total. The van der Waals surface area contributed by atoms with E-state index in [0.717, 1.165) is 38.0 Å². The van der Waals surface area contributed by atoms with Gasteiger partial charge in [-0.1, -0.05) is 15.9 Å². The molecule has 0 aliphatic rings. The van der Waals surface area contributed by atoms with Crippen molar-refractivity contribution in [2.24, 2.45) is 0 Å². The van der Waals surface area contributed by atoms with Crippen LogP contribution in [0.4, 0.5) is 0 Å². The fourth-order valence-electron chi connectivity index (χ4n) is 2.78. The highest BCUT2D eigenvalue weighted by Gasteiger charge is 2.17. The summed E-state index contributed by atoms with van der Waals surface area (Å²) < 4.78 is 14.0. The normalized spacial score (nSPS) is 11.6. The van der Waals surface area contributed by atoms with Crippen LogP contribution in [0.5, 0.6) is 0 Å². The molecule has 4 rings (SSSR count). The molecule has 0 amide bonds. The van der Waals surface area contributed by atoms with E-state index in [2.05, 4.69) is 31.5 Å². The zero-order valence-corrected chi connectivity index (χ0v) is 14.1. The second kappa shape index (κ2) is 5.79. The van der Waals surface area contributed by atoms with Gasteiger partial charge in [0.25, 0.3) is 0 Å². The molecule has 0 atom stereocenters. The molecule has 0 fully saturated rings. The number of nitrogens with zero attached hydrogens (tertiary/aromatic N) is 3. The van der Waals surface area contributed by atoms with Crippen LogP contribution >= 0.6 is 15.9 Å². The standard InChI is InChI=1S/C17H14BrN3O2/c1-22-8-6-21-16-12-9-11(18)4-5-13(12)19-10-14(16)20-17(21)15-3-2-7-23-15/h2-5,7,9-10H,6,8H2,1H3. The summed E-state index contributed by atoms with van der Waals surface area (Å²) in [5.74, 6) is 1.52. The lowest BCUT2D eigenvalue weighted by atomic mass is 10.2. The first-order valence-electron chi connectivity index (χ1n) is 7.25. The summed E-state index contributed by atoms with van der Waals surface area (Å²) in [5.41, 5.74) is 2.82. The lowest BCUT2D eigenvalue weighted by Crippen LogP contribution is -2.06. The van der Waals surface area contributed by atoms with Gasteiger partial charge in [-0.05, 0) is 30.3 Å². The summed E-state index contributed by atoms with van der Waals surface area (Å²) in [6.45, 7) is 1.28. The van der Waals surface area contributed by atoms with Crippen molar-refractivity contribution in [3.63, 3.8) is 0 Å². The van der Waals surface area contributed by atoms with Gasteiger partial charge in [-0.15, -0.1) is 0 Å². The largest absolute Gasteiger partial charge is 0.461 e. The molecule has 0 aliphatic carbocycles. The van der Waals surface area contributed by atoms with Crippen molar-refractivity contribution in [2.75, 3.05) is 13.7 Å². The summed E-state index contributed by atoms with van der Waals surface area (Å²) in [5, 5.41) is 1.05. The number of hydrogen-bond acceptors (Lipinski definition) is 4. The third-order valence-electron chi connectivity index (χ3n) is 3.79. The number of hydrogen-bond donors (Lipinski definition) is 0. The molecule has 0 saturated heterocycles. The molecular formula is C17H14BrN3O2. The predicted octanol–water partition coefficient (Wildman–Crippen LogP) is 4.25. The van der Waals surface area contributed by atoms with Crippen LogP contribution in [-0.4, -0.2) is 28.3 Å². The summed E-state index contributed by atoms with van der Waals surface area (Å²) in [6, 6.07) is 9.84. The van der Waals surface area contributed by atoms with E-state index in [1.807, 2.05) is 24.3 Å². The van der Waals surface area contributed by atoms with Gasteiger partial charge in [-0.2, -0.15) is 0 Å². The number of ether oxygens (including phenoxy) is 1. The van der Waals surface area contributed by atoms with Crippen LogP contribution in [-0.2, 0) is 11.3 Å². The van der Waals surface area contributed by atoms with E-state index in [1.54, 1.807) is 19.6 Å². The first-order valence-corrected chi connectivity index (χ1v) is 8.04. The molecule has 23 heavy (non-hydrogen) atoms. The molecular weight excluding hydrogens is 358 g/mol. The maximum Gasteiger partial charge on any atom is 0.177 e. The fourth-order valence-corrected chi connectivity index (χ4v) is 3.14. The Kier molecular flexibility index (Phi) is 3.63. The smallest absolute Gasteiger partial charge is 0.177 e. The molecule has 0 aliphatic heterocycles. The molecule has 5 nitrogen and oxygen atoms in total. The van der Waals surface area contributed by atoms with Crippen LogP contribution in [0.15, 0.2) is 51.7 Å². The van der Waals surface area contributed by atoms with Gasteiger partial charge in [0, 0.05) is 23.5 Å². The minimum Gasteiger partial charge on any atom is -0.461 e. The quantitative estimate of drug-likeness (QED) is 0.537. The van der Waals surface area contributed by atoms with E-state index in [4.69, 9.17) is 14.1 Å². The Labute approximate surface area is 141 Å². The summed E-state index contributed by atoms with van der Waals surface area (Å²) in [4.78, 5) is 9.23. The van der Waals surface area contributed by atoms with Crippen molar-refractivity contribution in [3.8, 4) is 11.6 Å². The molecule has 1 aromatic carbocycles. The van der Waals surface area contributed by atoms with Crippen LogP contribution in [0.2, 0.25) is 0 Å². The van der Waals surface area contributed by atoms with Gasteiger partial charge in [-0.25, -0.2) is 4.98 Å². The van der Waals surface area contributed by atoms with E-state index < -0.39 is 0 Å². The van der Waals surface area contributed by atoms with Crippen LogP contribution < -0.4 is 0 Å². The average Bonchev–Trinajstić information content (AvgIpc) is 3.20. The Morgan fingerprint density at radius 2 is 2.17 bits per heavy atom. The number of benzene rings is 1. The minimum absolute atomic E-state index is 0.594. The molecule has 0 unspecified atom stereocenters. The Bertz CT molecular complexity index is 977. The number of rotatable bonds is 4. The third kappa shape index (κ3) is 2.44. The molecule has 0 radical (unpaired) electrons. The SMILES string of the molecule is COCCn1c(-c2ccco2)nc2cnc3ccc(Br)cc3c21. The van der Waals surface area contributed by atoms with Crippen LogP contribution in [0, 0.1) is 0 Å². The van der Waals surface area contributed by atoms with Gasteiger partial charge < -0.3 is 13.7 Å². The number of imidazole rings is 1. The summed E-state index contributed by atoms with van der Waals surface area (Å²) in [7, 11) is 1.70. The van der Waals surface area contributed by atoms with Crippen LogP contribution in [0.25, 0.3) is 33.5 Å². The summed E-state index contributed by atoms with van der Waals surface area (Å²) >= 11 is 3.54. The van der Waals surface area contributed by atoms with Crippen molar-refractivity contribution in [2.45, 2.75) is 6.54 Å². The molecule has 0 bridgehead atoms. The monoisotopic (exact) mass is 371 g/mol. The molecule has 116 valence electrons. The zero-order chi connectivity index (χ0) is 15.8. The van der Waals surface area contributed by atoms with E-state index >= 15 is 0 Å². The zero-order valence-electron chi connectivity index (χ0n) is 12.5. The molecule has 4 aromatic rings. The van der Waals surface area contributed by atoms with Gasteiger partial charge in [0.1, 0.15) is 5.52 Å². The highest BCUT2D eigenvalue weighted by Crippen LogP contribution is 2.31. The van der Waals surface area contributed by atoms with Crippen molar-refractivity contribution >= 4 is 37.9 Å². The average molecular weight is 372 g/mol. The van der Waals surface area contributed by atoms with Crippen molar-refractivity contribution in [1.29, 1.82) is 0 Å². The highest BCUT2D eigenvalue weighted by atomic mass is 79.9. The second-order valence-electron chi connectivity index (χ2n) is 5.21. The minimum atomic E-state index is 0.594. The highest BCUT2D eigenvalue weighted by molar-refractivity contribution is 9.10. The number of pyridine rings is 1. The molecule has 0 spiro atoms. The van der Waals surface area contributed by atoms with E-state index in [9.17, 15) is 0 Å². The molecule has 3 aromatic heterocycles. The van der Waals surface area contributed by atoms with Crippen LogP contribution in [0.3, 0.4) is 0 Å². The fraction of sp³-hybridized carbons (Fsp3) is 0.176. The van der Waals surface area contributed by atoms with E-state index in [0.29, 0.717) is 13.2 Å². The Balaban J connectivity index is 2.07. The first kappa shape index (κ1) is 14.4. The lowest BCUT2D eigenvalue weighted by Gasteiger charge is -2.09. The van der Waals surface area contributed by atoms with Gasteiger partial charge in [-0.3, -0.25) is 4.98 Å². The molecule has 3 heterocycles. The topological polar surface area (TPSA) is 53.1 Å². The number of halogens is 1. The maximum absolute atomic E-state index is 5.55. The van der Waals surface area contributed by atoms with E-state index in [-0.39, 0.29) is 0 Å². The molecule has 6 heteroatoms. The van der Waals surface area contributed by atoms with Crippen LogP contribution in [0.1, 0.15) is 0 Å². The Morgan fingerprint density at radius 1 is 1.26 bits per heavy atom. The number of furan rings is 1. The Morgan fingerprint density at radius 3 is 2.96 bits per heavy atom. The Hall–Kier alpha value is -2.18. The van der Waals surface area contributed by atoms with Crippen molar-refractivity contribution in [3.05, 3.63) is 47.3 Å². The maximum atomic E-state index is 5.55. The predicted molar refractivity (Wildman–Crippen MR) is 92.3 cm³/mol. The summed E-state index contributed by atoms with van der Waals surface area (Å²) in [6.07, 6.45) is 3.46. The second-order valence-corrected chi connectivity index (χ2v) is 6.13. The van der Waals surface area contributed by atoms with Crippen molar-refractivity contribution in [1.82, 2.24) is 14.5 Å². The van der Waals surface area contributed by atoms with Crippen molar-refractivity contribution < 1.29 is 9.15 Å². The first-order chi connectivity index (χ1) is 11.3. The van der Waals surface area contributed by atoms with Gasteiger partial charge in [0.05, 0.1) is 30.1 Å². The number of aromatic nitrogens is 3.